The van der Waals surface area contributed by atoms with Crippen LogP contribution in [0.25, 0.3) is 0 Å². The van der Waals surface area contributed by atoms with Gasteiger partial charge in [0, 0.05) is 19.6 Å². The fourth-order valence-electron chi connectivity index (χ4n) is 5.51. The number of benzene rings is 2. The molecule has 2 aliphatic heterocycles. The number of piperidine rings is 1. The van der Waals surface area contributed by atoms with Gasteiger partial charge in [-0.1, -0.05) is 42.5 Å². The Bertz CT molecular complexity index is 984. The first-order valence-corrected chi connectivity index (χ1v) is 11.5. The third-order valence-corrected chi connectivity index (χ3v) is 7.37. The molecule has 1 saturated heterocycles. The average molecular weight is 433 g/mol. The lowest BCUT2D eigenvalue weighted by molar-refractivity contribution is -0.0183. The standard InChI is InChI=1S/C26H28N2O4/c29-23-21-8-4-5-9-22(21)24(30)28(23)13-10-20-16-26(17-20)11-14-27(15-12-26)25(31)32-18-19-6-2-1-3-7-19/h1-9,20H,10-18H2. The second kappa shape index (κ2) is 8.41. The van der Waals surface area contributed by atoms with Crippen molar-refractivity contribution < 1.29 is 19.1 Å². The van der Waals surface area contributed by atoms with Crippen LogP contribution < -0.4 is 0 Å². The van der Waals surface area contributed by atoms with Crippen molar-refractivity contribution in [1.29, 1.82) is 0 Å². The number of nitrogens with zero attached hydrogens (tertiary/aromatic N) is 2. The van der Waals surface area contributed by atoms with Crippen molar-refractivity contribution in [1.82, 2.24) is 9.80 Å². The van der Waals surface area contributed by atoms with Crippen LogP contribution in [0.15, 0.2) is 54.6 Å². The summed E-state index contributed by atoms with van der Waals surface area (Å²) in [5, 5.41) is 0. The molecule has 0 radical (unpaired) electrons. The van der Waals surface area contributed by atoms with Crippen LogP contribution in [-0.4, -0.2) is 47.3 Å². The maximum Gasteiger partial charge on any atom is 0.410 e. The van der Waals surface area contributed by atoms with Gasteiger partial charge in [-0.15, -0.1) is 0 Å². The van der Waals surface area contributed by atoms with Gasteiger partial charge in [-0.05, 0) is 61.1 Å². The van der Waals surface area contributed by atoms with Crippen LogP contribution in [0.5, 0.6) is 0 Å². The Hall–Kier alpha value is -3.15. The van der Waals surface area contributed by atoms with Gasteiger partial charge < -0.3 is 9.64 Å². The molecule has 0 aromatic heterocycles. The third-order valence-electron chi connectivity index (χ3n) is 7.37. The van der Waals surface area contributed by atoms with Gasteiger partial charge >= 0.3 is 6.09 Å². The molecule has 32 heavy (non-hydrogen) atoms. The van der Waals surface area contributed by atoms with E-state index in [1.807, 2.05) is 35.2 Å². The van der Waals surface area contributed by atoms with Crippen LogP contribution in [0, 0.1) is 11.3 Å². The molecule has 3 aliphatic rings. The van der Waals surface area contributed by atoms with Crippen LogP contribution in [0.1, 0.15) is 58.4 Å². The summed E-state index contributed by atoms with van der Waals surface area (Å²) in [4.78, 5) is 40.7. The molecule has 166 valence electrons. The van der Waals surface area contributed by atoms with Gasteiger partial charge in [0.15, 0.2) is 0 Å². The van der Waals surface area contributed by atoms with Gasteiger partial charge in [-0.25, -0.2) is 4.79 Å². The summed E-state index contributed by atoms with van der Waals surface area (Å²) < 4.78 is 5.47. The molecule has 1 spiro atoms. The fraction of sp³-hybridized carbons (Fsp3) is 0.423. The summed E-state index contributed by atoms with van der Waals surface area (Å²) in [6.07, 6.45) is 4.85. The number of hydrogen-bond acceptors (Lipinski definition) is 4. The highest BCUT2D eigenvalue weighted by Gasteiger charge is 2.46. The first kappa shape index (κ1) is 20.7. The zero-order valence-electron chi connectivity index (χ0n) is 18.2. The van der Waals surface area contributed by atoms with Crippen LogP contribution in [0.4, 0.5) is 4.79 Å². The maximum atomic E-state index is 12.5. The quantitative estimate of drug-likeness (QED) is 0.653. The number of ether oxygens (including phenoxy) is 1. The highest BCUT2D eigenvalue weighted by molar-refractivity contribution is 6.21. The third kappa shape index (κ3) is 3.90. The second-order valence-electron chi connectivity index (χ2n) is 9.40. The predicted molar refractivity (Wildman–Crippen MR) is 119 cm³/mol. The molecule has 2 fully saturated rings. The normalized spacial score (nSPS) is 19.8. The Labute approximate surface area is 188 Å². The lowest BCUT2D eigenvalue weighted by Gasteiger charge is -2.52. The van der Waals surface area contributed by atoms with Crippen molar-refractivity contribution in [3.8, 4) is 0 Å². The summed E-state index contributed by atoms with van der Waals surface area (Å²) >= 11 is 0. The fourth-order valence-corrected chi connectivity index (χ4v) is 5.51. The first-order valence-electron chi connectivity index (χ1n) is 11.5. The molecule has 1 aliphatic carbocycles. The molecule has 0 bridgehead atoms. The van der Waals surface area contributed by atoms with Gasteiger partial charge in [-0.3, -0.25) is 14.5 Å². The van der Waals surface area contributed by atoms with Crippen molar-refractivity contribution in [3.05, 3.63) is 71.3 Å². The van der Waals surface area contributed by atoms with E-state index in [-0.39, 0.29) is 17.9 Å². The second-order valence-corrected chi connectivity index (χ2v) is 9.40. The van der Waals surface area contributed by atoms with Gasteiger partial charge in [0.05, 0.1) is 11.1 Å². The lowest BCUT2D eigenvalue weighted by atomic mass is 9.57. The summed E-state index contributed by atoms with van der Waals surface area (Å²) in [5.74, 6) is 0.208. The number of likely N-dealkylation sites (tertiary alicyclic amines) is 1. The highest BCUT2D eigenvalue weighted by atomic mass is 16.6. The Morgan fingerprint density at radius 3 is 2.12 bits per heavy atom. The lowest BCUT2D eigenvalue weighted by Crippen LogP contribution is -2.49. The Morgan fingerprint density at radius 1 is 0.906 bits per heavy atom. The van der Waals surface area contributed by atoms with Crippen molar-refractivity contribution >= 4 is 17.9 Å². The molecule has 0 atom stereocenters. The van der Waals surface area contributed by atoms with Crippen molar-refractivity contribution in [2.24, 2.45) is 11.3 Å². The average Bonchev–Trinajstić information content (AvgIpc) is 3.05. The van der Waals surface area contributed by atoms with Gasteiger partial charge in [0.25, 0.3) is 11.8 Å². The predicted octanol–water partition coefficient (Wildman–Crippen LogP) is 4.50. The van der Waals surface area contributed by atoms with E-state index in [1.165, 1.54) is 4.90 Å². The Balaban J connectivity index is 1.05. The highest BCUT2D eigenvalue weighted by Crippen LogP contribution is 2.53. The van der Waals surface area contributed by atoms with Crippen LogP contribution in [0.3, 0.4) is 0 Å². The van der Waals surface area contributed by atoms with E-state index < -0.39 is 0 Å². The van der Waals surface area contributed by atoms with E-state index in [1.54, 1.807) is 24.3 Å². The minimum atomic E-state index is -0.231. The van der Waals surface area contributed by atoms with Crippen LogP contribution in [0.2, 0.25) is 0 Å². The SMILES string of the molecule is O=C(OCc1ccccc1)N1CCC2(CC1)CC(CCN1C(=O)c3ccccc3C1=O)C2. The first-order chi connectivity index (χ1) is 15.5. The molecule has 2 aromatic carbocycles. The molecule has 2 heterocycles. The topological polar surface area (TPSA) is 66.9 Å². The number of amides is 3. The number of imide groups is 1. The molecule has 0 N–H and O–H groups in total. The molecule has 3 amide bonds. The number of fused-ring (bicyclic) bond motifs is 1. The number of hydrogen-bond donors (Lipinski definition) is 0. The van der Waals surface area contributed by atoms with E-state index in [0.717, 1.165) is 50.8 Å². The van der Waals surface area contributed by atoms with E-state index in [2.05, 4.69) is 0 Å². The molecular weight excluding hydrogens is 404 g/mol. The van der Waals surface area contributed by atoms with Crippen LogP contribution >= 0.6 is 0 Å². The van der Waals surface area contributed by atoms with E-state index in [0.29, 0.717) is 35.6 Å². The monoisotopic (exact) mass is 432 g/mol. The molecule has 1 saturated carbocycles. The largest absolute Gasteiger partial charge is 0.445 e. The van der Waals surface area contributed by atoms with E-state index in [4.69, 9.17) is 4.74 Å². The Morgan fingerprint density at radius 2 is 1.50 bits per heavy atom. The maximum absolute atomic E-state index is 12.5. The summed E-state index contributed by atoms with van der Waals surface area (Å²) in [7, 11) is 0. The van der Waals surface area contributed by atoms with E-state index in [9.17, 15) is 14.4 Å². The van der Waals surface area contributed by atoms with Crippen LogP contribution in [-0.2, 0) is 11.3 Å². The zero-order valence-corrected chi connectivity index (χ0v) is 18.2. The number of carbonyl (C=O) groups excluding carboxylic acids is 3. The van der Waals surface area contributed by atoms with Gasteiger partial charge in [-0.2, -0.15) is 0 Å². The van der Waals surface area contributed by atoms with Crippen molar-refractivity contribution in [2.45, 2.75) is 38.7 Å². The molecule has 0 unspecified atom stereocenters. The van der Waals surface area contributed by atoms with Gasteiger partial charge in [0.2, 0.25) is 0 Å². The molecule has 6 nitrogen and oxygen atoms in total. The summed E-state index contributed by atoms with van der Waals surface area (Å²) in [5.41, 5.74) is 2.35. The molecule has 6 heteroatoms. The van der Waals surface area contributed by atoms with Crippen molar-refractivity contribution in [2.75, 3.05) is 19.6 Å². The molecular formula is C26H28N2O4. The zero-order chi connectivity index (χ0) is 22.1. The molecule has 5 rings (SSSR count). The minimum Gasteiger partial charge on any atom is -0.445 e. The van der Waals surface area contributed by atoms with Crippen molar-refractivity contribution in [3.63, 3.8) is 0 Å². The summed E-state index contributed by atoms with van der Waals surface area (Å²) in [6, 6.07) is 16.8. The smallest absolute Gasteiger partial charge is 0.410 e. The molecule has 2 aromatic rings. The minimum absolute atomic E-state index is 0.165. The number of rotatable bonds is 5. The number of carbonyl (C=O) groups is 3. The summed E-state index contributed by atoms with van der Waals surface area (Å²) in [6.45, 7) is 2.27. The van der Waals surface area contributed by atoms with Gasteiger partial charge in [0.1, 0.15) is 6.61 Å². The van der Waals surface area contributed by atoms with E-state index >= 15 is 0 Å². The Kier molecular flexibility index (Phi) is 5.45.